The van der Waals surface area contributed by atoms with Gasteiger partial charge in [0.05, 0.1) is 10.6 Å². The normalized spacial score (nSPS) is 11.0. The first-order chi connectivity index (χ1) is 8.99. The van der Waals surface area contributed by atoms with Crippen molar-refractivity contribution < 1.29 is 4.92 Å². The Labute approximate surface area is 107 Å². The van der Waals surface area contributed by atoms with E-state index in [9.17, 15) is 10.1 Å². The van der Waals surface area contributed by atoms with Crippen LogP contribution in [0.4, 0.5) is 28.7 Å². The maximum atomic E-state index is 10.7. The summed E-state index contributed by atoms with van der Waals surface area (Å²) in [5.74, 6) is 0.300. The highest BCUT2D eigenvalue weighted by Gasteiger charge is 2.10. The van der Waals surface area contributed by atoms with Crippen molar-refractivity contribution in [2.75, 3.05) is 11.5 Å². The molecule has 5 N–H and O–H groups in total. The molecule has 98 valence electrons. The number of nitrogens with one attached hydrogen (secondary N) is 1. The number of non-ortho nitro benzene ring substituents is 1. The van der Waals surface area contributed by atoms with Gasteiger partial charge in [0.25, 0.3) is 5.69 Å². The zero-order valence-electron chi connectivity index (χ0n) is 9.99. The smallest absolute Gasteiger partial charge is 0.271 e. The lowest BCUT2D eigenvalue weighted by atomic mass is 10.2. The fraction of sp³-hybridized carbons (Fsp3) is 0.100. The van der Waals surface area contributed by atoms with Gasteiger partial charge in [-0.25, -0.2) is 0 Å². The van der Waals surface area contributed by atoms with Crippen LogP contribution in [-0.4, -0.2) is 15.1 Å². The number of aromatic nitrogens is 2. The molecule has 0 bridgehead atoms. The molecule has 19 heavy (non-hydrogen) atoms. The largest absolute Gasteiger partial charge is 0.382 e. The molecule has 9 nitrogen and oxygen atoms in total. The minimum atomic E-state index is -0.501. The summed E-state index contributed by atoms with van der Waals surface area (Å²) in [7, 11) is 0. The van der Waals surface area contributed by atoms with E-state index < -0.39 is 4.92 Å². The SMILES string of the molecule is Cc1ccc([N+](=O)[O-])cc1N=Nc1c(N)n[nH]c1N. The van der Waals surface area contributed by atoms with Gasteiger partial charge in [-0.05, 0) is 12.5 Å². The number of nitrogens with zero attached hydrogens (tertiary/aromatic N) is 4. The van der Waals surface area contributed by atoms with E-state index in [0.29, 0.717) is 5.69 Å². The molecule has 2 aromatic rings. The Balaban J connectivity index is 2.38. The minimum Gasteiger partial charge on any atom is -0.382 e. The van der Waals surface area contributed by atoms with Crippen LogP contribution >= 0.6 is 0 Å². The summed E-state index contributed by atoms with van der Waals surface area (Å²) in [6.45, 7) is 1.76. The Bertz CT molecular complexity index is 642. The minimum absolute atomic E-state index is 0.0623. The zero-order valence-corrected chi connectivity index (χ0v) is 9.99. The average Bonchev–Trinajstić information content (AvgIpc) is 2.68. The number of aromatic amines is 1. The van der Waals surface area contributed by atoms with Gasteiger partial charge in [-0.2, -0.15) is 5.10 Å². The lowest BCUT2D eigenvalue weighted by Crippen LogP contribution is -1.88. The van der Waals surface area contributed by atoms with Crippen molar-refractivity contribution in [1.29, 1.82) is 0 Å². The number of azo groups is 1. The van der Waals surface area contributed by atoms with E-state index >= 15 is 0 Å². The maximum absolute atomic E-state index is 10.7. The summed E-state index contributed by atoms with van der Waals surface area (Å²) in [5.41, 5.74) is 12.4. The van der Waals surface area contributed by atoms with Crippen LogP contribution in [0.2, 0.25) is 0 Å². The van der Waals surface area contributed by atoms with Crippen molar-refractivity contribution in [3.05, 3.63) is 33.9 Å². The van der Waals surface area contributed by atoms with Crippen molar-refractivity contribution in [3.63, 3.8) is 0 Å². The van der Waals surface area contributed by atoms with Crippen LogP contribution in [0.3, 0.4) is 0 Å². The van der Waals surface area contributed by atoms with E-state index in [1.807, 2.05) is 0 Å². The van der Waals surface area contributed by atoms with Gasteiger partial charge in [-0.3, -0.25) is 15.2 Å². The third kappa shape index (κ3) is 2.49. The molecule has 1 heterocycles. The van der Waals surface area contributed by atoms with Gasteiger partial charge in [0.1, 0.15) is 5.82 Å². The second kappa shape index (κ2) is 4.72. The number of hydrogen-bond donors (Lipinski definition) is 3. The molecule has 0 fully saturated rings. The third-order valence-corrected chi connectivity index (χ3v) is 2.46. The number of H-pyrrole nitrogens is 1. The van der Waals surface area contributed by atoms with Crippen LogP contribution in [0.25, 0.3) is 0 Å². The molecular weight excluding hydrogens is 250 g/mol. The molecule has 0 saturated heterocycles. The fourth-order valence-corrected chi connectivity index (χ4v) is 1.39. The number of anilines is 2. The summed E-state index contributed by atoms with van der Waals surface area (Å²) < 4.78 is 0. The molecule has 0 aliphatic carbocycles. The Morgan fingerprint density at radius 1 is 1.37 bits per heavy atom. The molecular formula is C10H11N7O2. The van der Waals surface area contributed by atoms with Crippen LogP contribution < -0.4 is 11.5 Å². The monoisotopic (exact) mass is 261 g/mol. The Kier molecular flexibility index (Phi) is 3.10. The number of benzene rings is 1. The number of nitro benzene ring substituents is 1. The van der Waals surface area contributed by atoms with Gasteiger partial charge in [-0.15, -0.1) is 10.2 Å². The quantitative estimate of drug-likeness (QED) is 0.439. The first-order valence-corrected chi connectivity index (χ1v) is 5.25. The maximum Gasteiger partial charge on any atom is 0.271 e. The van der Waals surface area contributed by atoms with Crippen LogP contribution in [0, 0.1) is 17.0 Å². The van der Waals surface area contributed by atoms with Crippen LogP contribution in [0.15, 0.2) is 28.4 Å². The van der Waals surface area contributed by atoms with Crippen LogP contribution in [0.1, 0.15) is 5.56 Å². The van der Waals surface area contributed by atoms with Crippen LogP contribution in [-0.2, 0) is 0 Å². The molecule has 2 rings (SSSR count). The Hall–Kier alpha value is -2.97. The number of nitrogens with two attached hydrogens (primary N) is 2. The zero-order chi connectivity index (χ0) is 14.0. The lowest BCUT2D eigenvalue weighted by molar-refractivity contribution is -0.384. The second-order valence-corrected chi connectivity index (χ2v) is 3.80. The highest BCUT2D eigenvalue weighted by atomic mass is 16.6. The highest BCUT2D eigenvalue weighted by Crippen LogP contribution is 2.30. The highest BCUT2D eigenvalue weighted by molar-refractivity contribution is 5.70. The van der Waals surface area contributed by atoms with E-state index in [-0.39, 0.29) is 23.0 Å². The Morgan fingerprint density at radius 2 is 2.11 bits per heavy atom. The molecule has 1 aromatic carbocycles. The van der Waals surface area contributed by atoms with E-state index in [0.717, 1.165) is 5.56 Å². The molecule has 0 aliphatic rings. The second-order valence-electron chi connectivity index (χ2n) is 3.80. The molecule has 0 radical (unpaired) electrons. The topological polar surface area (TPSA) is 149 Å². The number of nitro groups is 1. The number of rotatable bonds is 3. The summed E-state index contributed by atoms with van der Waals surface area (Å²) >= 11 is 0. The summed E-state index contributed by atoms with van der Waals surface area (Å²) in [6.07, 6.45) is 0. The summed E-state index contributed by atoms with van der Waals surface area (Å²) in [6, 6.07) is 4.31. The van der Waals surface area contributed by atoms with Crippen molar-refractivity contribution in [3.8, 4) is 0 Å². The summed E-state index contributed by atoms with van der Waals surface area (Å²) in [5, 5.41) is 24.6. The lowest BCUT2D eigenvalue weighted by Gasteiger charge is -1.98. The molecule has 0 spiro atoms. The molecule has 0 atom stereocenters. The van der Waals surface area contributed by atoms with E-state index in [1.165, 1.54) is 12.1 Å². The van der Waals surface area contributed by atoms with Gasteiger partial charge in [0, 0.05) is 12.1 Å². The van der Waals surface area contributed by atoms with Crippen molar-refractivity contribution >= 4 is 28.7 Å². The third-order valence-electron chi connectivity index (χ3n) is 2.46. The van der Waals surface area contributed by atoms with Gasteiger partial charge in [0.15, 0.2) is 11.5 Å². The molecule has 1 aromatic heterocycles. The van der Waals surface area contributed by atoms with E-state index in [4.69, 9.17) is 11.5 Å². The standard InChI is InChI=1S/C10H11N7O2/c1-5-2-3-6(17(18)19)4-7(5)13-14-8-9(11)15-16-10(8)12/h2-4H,1H3,(H5,11,12,15,16). The van der Waals surface area contributed by atoms with Gasteiger partial charge in [0.2, 0.25) is 0 Å². The van der Waals surface area contributed by atoms with Gasteiger partial charge in [-0.1, -0.05) is 6.07 Å². The molecule has 0 amide bonds. The van der Waals surface area contributed by atoms with Crippen LogP contribution in [0.5, 0.6) is 0 Å². The first-order valence-electron chi connectivity index (χ1n) is 5.25. The van der Waals surface area contributed by atoms with Crippen molar-refractivity contribution in [2.45, 2.75) is 6.92 Å². The predicted molar refractivity (Wildman–Crippen MR) is 69.4 cm³/mol. The van der Waals surface area contributed by atoms with Crippen molar-refractivity contribution in [2.24, 2.45) is 10.2 Å². The molecule has 9 heteroatoms. The average molecular weight is 261 g/mol. The molecule has 0 saturated carbocycles. The number of aryl methyl sites for hydroxylation is 1. The molecule has 0 aliphatic heterocycles. The molecule has 0 unspecified atom stereocenters. The van der Waals surface area contributed by atoms with Gasteiger partial charge >= 0.3 is 0 Å². The number of hydrogen-bond acceptors (Lipinski definition) is 7. The van der Waals surface area contributed by atoms with Crippen molar-refractivity contribution in [1.82, 2.24) is 10.2 Å². The van der Waals surface area contributed by atoms with E-state index in [1.54, 1.807) is 13.0 Å². The first kappa shape index (κ1) is 12.5. The summed E-state index contributed by atoms with van der Waals surface area (Å²) in [4.78, 5) is 10.2. The fourth-order valence-electron chi connectivity index (χ4n) is 1.39. The van der Waals surface area contributed by atoms with Gasteiger partial charge < -0.3 is 11.5 Å². The Morgan fingerprint density at radius 3 is 2.68 bits per heavy atom. The predicted octanol–water partition coefficient (Wildman–Crippen LogP) is 2.21. The number of nitrogen functional groups attached to an aromatic ring is 2. The van der Waals surface area contributed by atoms with E-state index in [2.05, 4.69) is 20.4 Å².